The number of fused-ring (bicyclic) bond motifs is 3. The van der Waals surface area contributed by atoms with Gasteiger partial charge in [0.1, 0.15) is 5.52 Å². The molecule has 1 N–H and O–H groups in total. The van der Waals surface area contributed by atoms with Gasteiger partial charge in [-0.2, -0.15) is 5.10 Å². The first-order valence-corrected chi connectivity index (χ1v) is 3.98. The number of nitrogens with one attached hydrogen (secondary N) is 1. The summed E-state index contributed by atoms with van der Waals surface area (Å²) in [5, 5.41) is 8.97. The second-order valence-corrected chi connectivity index (χ2v) is 2.82. The van der Waals surface area contributed by atoms with E-state index in [0.29, 0.717) is 0 Å². The number of hydrogen-bond donors (Lipinski definition) is 1. The van der Waals surface area contributed by atoms with Crippen LogP contribution < -0.4 is 0 Å². The van der Waals surface area contributed by atoms with E-state index in [1.165, 1.54) is 0 Å². The van der Waals surface area contributed by atoms with Gasteiger partial charge in [-0.3, -0.25) is 5.10 Å². The Morgan fingerprint density at radius 2 is 2.15 bits per heavy atom. The Morgan fingerprint density at radius 1 is 1.15 bits per heavy atom. The van der Waals surface area contributed by atoms with E-state index in [4.69, 9.17) is 0 Å². The van der Waals surface area contributed by atoms with E-state index in [9.17, 15) is 0 Å². The van der Waals surface area contributed by atoms with Crippen LogP contribution in [0.25, 0.3) is 21.9 Å². The van der Waals surface area contributed by atoms with Gasteiger partial charge in [0.25, 0.3) is 0 Å². The van der Waals surface area contributed by atoms with Crippen molar-refractivity contribution < 1.29 is 0 Å². The van der Waals surface area contributed by atoms with Gasteiger partial charge in [0.15, 0.2) is 5.65 Å². The van der Waals surface area contributed by atoms with Gasteiger partial charge in [0.2, 0.25) is 0 Å². The van der Waals surface area contributed by atoms with Crippen LogP contribution in [0.5, 0.6) is 0 Å². The van der Waals surface area contributed by atoms with E-state index < -0.39 is 0 Å². The number of H-pyrrole nitrogens is 1. The van der Waals surface area contributed by atoms with Crippen molar-refractivity contribution in [3.8, 4) is 0 Å². The molecular weight excluding hydrogens is 164 g/mol. The molecule has 0 saturated heterocycles. The lowest BCUT2D eigenvalue weighted by Gasteiger charge is -1.94. The first-order chi connectivity index (χ1) is 6.45. The average molecular weight is 170 g/mol. The van der Waals surface area contributed by atoms with Crippen LogP contribution in [0.4, 0.5) is 0 Å². The maximum absolute atomic E-state index is 4.19. The topological polar surface area (TPSA) is 54.5 Å². The molecule has 3 aromatic rings. The third-order valence-corrected chi connectivity index (χ3v) is 2.06. The fourth-order valence-corrected chi connectivity index (χ4v) is 1.45. The molecular formula is C9H6N4. The van der Waals surface area contributed by atoms with Gasteiger partial charge >= 0.3 is 0 Å². The molecule has 0 saturated carbocycles. The molecule has 0 fully saturated rings. The smallest absolute Gasteiger partial charge is 0.159 e. The molecule has 3 aromatic heterocycles. The molecule has 3 rings (SSSR count). The van der Waals surface area contributed by atoms with E-state index in [2.05, 4.69) is 20.2 Å². The quantitative estimate of drug-likeness (QED) is 0.556. The highest BCUT2D eigenvalue weighted by molar-refractivity contribution is 6.02. The molecule has 3 heterocycles. The van der Waals surface area contributed by atoms with Crippen LogP contribution in [0.1, 0.15) is 0 Å². The highest BCUT2D eigenvalue weighted by Gasteiger charge is 2.02. The molecule has 0 spiro atoms. The minimum atomic E-state index is 0.761. The lowest BCUT2D eigenvalue weighted by molar-refractivity contribution is 1.11. The van der Waals surface area contributed by atoms with E-state index in [-0.39, 0.29) is 0 Å². The predicted octanol–water partition coefficient (Wildman–Crippen LogP) is 1.51. The second kappa shape index (κ2) is 2.26. The van der Waals surface area contributed by atoms with Gasteiger partial charge in [-0.1, -0.05) is 0 Å². The van der Waals surface area contributed by atoms with Gasteiger partial charge in [0.05, 0.1) is 6.20 Å². The first kappa shape index (κ1) is 6.54. The third kappa shape index (κ3) is 0.823. The summed E-state index contributed by atoms with van der Waals surface area (Å²) in [7, 11) is 0. The molecule has 0 unspecified atom stereocenters. The van der Waals surface area contributed by atoms with E-state index in [0.717, 1.165) is 21.9 Å². The first-order valence-electron chi connectivity index (χ1n) is 3.98. The minimum Gasteiger partial charge on any atom is -0.284 e. The molecule has 0 bridgehead atoms. The molecule has 0 aliphatic rings. The summed E-state index contributed by atoms with van der Waals surface area (Å²) < 4.78 is 0. The van der Waals surface area contributed by atoms with Crippen molar-refractivity contribution in [1.29, 1.82) is 0 Å². The normalized spacial score (nSPS) is 11.1. The van der Waals surface area contributed by atoms with E-state index >= 15 is 0 Å². The monoisotopic (exact) mass is 170 g/mol. The Labute approximate surface area is 73.6 Å². The zero-order valence-electron chi connectivity index (χ0n) is 6.73. The number of aromatic nitrogens is 4. The van der Waals surface area contributed by atoms with Gasteiger partial charge in [-0.25, -0.2) is 9.97 Å². The summed E-state index contributed by atoms with van der Waals surface area (Å²) >= 11 is 0. The molecule has 0 aromatic carbocycles. The summed E-state index contributed by atoms with van der Waals surface area (Å²) in [5.74, 6) is 0. The zero-order valence-corrected chi connectivity index (χ0v) is 6.73. The Kier molecular flexibility index (Phi) is 1.14. The van der Waals surface area contributed by atoms with Crippen molar-refractivity contribution in [2.45, 2.75) is 0 Å². The Hall–Kier alpha value is -1.97. The molecule has 0 atom stereocenters. The standard InChI is InChI=1S/C9H6N4/c1-2-6-7-4-12-13-8(7)5-11-9(6)10-3-1/h1-5H,(H,12,13). The molecule has 0 aliphatic carbocycles. The van der Waals surface area contributed by atoms with Crippen molar-refractivity contribution in [3.63, 3.8) is 0 Å². The van der Waals surface area contributed by atoms with Crippen LogP contribution in [-0.2, 0) is 0 Å². The lowest BCUT2D eigenvalue weighted by atomic mass is 10.2. The number of nitrogens with zero attached hydrogens (tertiary/aromatic N) is 3. The molecule has 0 amide bonds. The minimum absolute atomic E-state index is 0.761. The molecule has 0 aliphatic heterocycles. The summed E-state index contributed by atoms with van der Waals surface area (Å²) in [6, 6.07) is 3.89. The zero-order chi connectivity index (χ0) is 8.67. The van der Waals surface area contributed by atoms with Gasteiger partial charge in [-0.05, 0) is 12.1 Å². The van der Waals surface area contributed by atoms with Crippen LogP contribution >= 0.6 is 0 Å². The summed E-state index contributed by atoms with van der Waals surface area (Å²) in [5.41, 5.74) is 1.64. The summed E-state index contributed by atoms with van der Waals surface area (Å²) in [6.45, 7) is 0. The van der Waals surface area contributed by atoms with Crippen molar-refractivity contribution in [2.75, 3.05) is 0 Å². The molecule has 4 nitrogen and oxygen atoms in total. The molecule has 62 valence electrons. The summed E-state index contributed by atoms with van der Waals surface area (Å²) in [4.78, 5) is 8.35. The summed E-state index contributed by atoms with van der Waals surface area (Å²) in [6.07, 6.45) is 5.32. The van der Waals surface area contributed by atoms with Gasteiger partial charge in [0, 0.05) is 23.2 Å². The van der Waals surface area contributed by atoms with E-state index in [1.54, 1.807) is 12.4 Å². The highest BCUT2D eigenvalue weighted by Crippen LogP contribution is 2.18. The van der Waals surface area contributed by atoms with Crippen LogP contribution in [0.2, 0.25) is 0 Å². The van der Waals surface area contributed by atoms with Gasteiger partial charge in [-0.15, -0.1) is 0 Å². The Bertz CT molecular complexity index is 570. The fourth-order valence-electron chi connectivity index (χ4n) is 1.45. The number of hydrogen-bond acceptors (Lipinski definition) is 3. The largest absolute Gasteiger partial charge is 0.284 e. The maximum atomic E-state index is 4.19. The van der Waals surface area contributed by atoms with E-state index in [1.807, 2.05) is 18.3 Å². The SMILES string of the molecule is c1cnc2ncc3n[nH]cc3c2c1. The van der Waals surface area contributed by atoms with Crippen molar-refractivity contribution in [1.82, 2.24) is 20.2 Å². The Morgan fingerprint density at radius 3 is 3.15 bits per heavy atom. The van der Waals surface area contributed by atoms with Gasteiger partial charge < -0.3 is 0 Å². The highest BCUT2D eigenvalue weighted by atomic mass is 15.1. The third-order valence-electron chi connectivity index (χ3n) is 2.06. The second-order valence-electron chi connectivity index (χ2n) is 2.82. The van der Waals surface area contributed by atoms with Crippen LogP contribution in [0.3, 0.4) is 0 Å². The lowest BCUT2D eigenvalue weighted by Crippen LogP contribution is -1.82. The van der Waals surface area contributed by atoms with Crippen molar-refractivity contribution >= 4 is 21.9 Å². The van der Waals surface area contributed by atoms with Crippen molar-refractivity contribution in [2.24, 2.45) is 0 Å². The maximum Gasteiger partial charge on any atom is 0.159 e. The molecule has 0 radical (unpaired) electrons. The fraction of sp³-hybridized carbons (Fsp3) is 0. The van der Waals surface area contributed by atoms with Crippen LogP contribution in [-0.4, -0.2) is 20.2 Å². The van der Waals surface area contributed by atoms with Crippen LogP contribution in [0.15, 0.2) is 30.7 Å². The van der Waals surface area contributed by atoms with Crippen LogP contribution in [0, 0.1) is 0 Å². The number of rotatable bonds is 0. The molecule has 4 heteroatoms. The Balaban J connectivity index is 2.65. The average Bonchev–Trinajstić information content (AvgIpc) is 2.65. The number of aromatic amines is 1. The predicted molar refractivity (Wildman–Crippen MR) is 49.2 cm³/mol. The number of pyridine rings is 2. The molecule has 13 heavy (non-hydrogen) atoms. The van der Waals surface area contributed by atoms with Crippen molar-refractivity contribution in [3.05, 3.63) is 30.7 Å².